The minimum absolute atomic E-state index is 0.0590. The summed E-state index contributed by atoms with van der Waals surface area (Å²) < 4.78 is 23.3. The average Bonchev–Trinajstić information content (AvgIpc) is 2.91. The molecule has 1 aromatic rings. The van der Waals surface area contributed by atoms with Crippen molar-refractivity contribution in [1.29, 1.82) is 0 Å². The lowest BCUT2D eigenvalue weighted by Gasteiger charge is -2.26. The van der Waals surface area contributed by atoms with Crippen LogP contribution in [0.25, 0.3) is 0 Å². The van der Waals surface area contributed by atoms with Crippen LogP contribution in [0.5, 0.6) is 0 Å². The fourth-order valence-corrected chi connectivity index (χ4v) is 4.66. The van der Waals surface area contributed by atoms with E-state index in [1.165, 1.54) is 5.56 Å². The molecule has 1 saturated heterocycles. The normalized spacial score (nSPS) is 19.9. The van der Waals surface area contributed by atoms with Gasteiger partial charge < -0.3 is 4.90 Å². The van der Waals surface area contributed by atoms with E-state index in [9.17, 15) is 13.2 Å². The van der Waals surface area contributed by atoms with Crippen molar-refractivity contribution in [3.63, 3.8) is 0 Å². The van der Waals surface area contributed by atoms with Crippen molar-refractivity contribution in [2.75, 3.05) is 18.1 Å². The molecule has 1 aromatic carbocycles. The van der Waals surface area contributed by atoms with Crippen LogP contribution in [0.3, 0.4) is 0 Å². The number of rotatable bonds is 7. The molecule has 4 nitrogen and oxygen atoms in total. The molecule has 0 aromatic heterocycles. The van der Waals surface area contributed by atoms with Gasteiger partial charge in [0.05, 0.1) is 11.5 Å². The summed E-state index contributed by atoms with van der Waals surface area (Å²) in [7, 11) is -3.02. The van der Waals surface area contributed by atoms with Crippen LogP contribution in [0.1, 0.15) is 25.3 Å². The van der Waals surface area contributed by atoms with Gasteiger partial charge in [-0.05, 0) is 31.7 Å². The SMILES string of the molecule is C=CCN(C(=O)C=C(C)CCc1ccccc1)C1CCS(=O)(=O)C1. The van der Waals surface area contributed by atoms with Gasteiger partial charge in [-0.3, -0.25) is 4.79 Å². The van der Waals surface area contributed by atoms with Crippen molar-refractivity contribution < 1.29 is 13.2 Å². The van der Waals surface area contributed by atoms with Crippen molar-refractivity contribution in [3.05, 3.63) is 60.2 Å². The summed E-state index contributed by atoms with van der Waals surface area (Å²) in [6.07, 6.45) is 5.49. The first-order valence-corrected chi connectivity index (χ1v) is 10.1. The second kappa shape index (κ2) is 8.29. The van der Waals surface area contributed by atoms with Crippen LogP contribution < -0.4 is 0 Å². The number of amides is 1. The molecule has 1 aliphatic heterocycles. The lowest BCUT2D eigenvalue weighted by Crippen LogP contribution is -2.40. The molecule has 2 rings (SSSR count). The number of carbonyl (C=O) groups is 1. The van der Waals surface area contributed by atoms with E-state index in [0.29, 0.717) is 13.0 Å². The number of aryl methyl sites for hydroxylation is 1. The first-order chi connectivity index (χ1) is 11.4. The predicted octanol–water partition coefficient (Wildman–Crippen LogP) is 2.77. The molecule has 1 unspecified atom stereocenters. The Labute approximate surface area is 144 Å². The summed E-state index contributed by atoms with van der Waals surface area (Å²) in [6.45, 7) is 6.00. The van der Waals surface area contributed by atoms with Crippen molar-refractivity contribution in [2.24, 2.45) is 0 Å². The molecule has 0 saturated carbocycles. The van der Waals surface area contributed by atoms with E-state index < -0.39 is 9.84 Å². The smallest absolute Gasteiger partial charge is 0.247 e. The largest absolute Gasteiger partial charge is 0.331 e. The number of carbonyl (C=O) groups excluding carboxylic acids is 1. The average molecular weight is 347 g/mol. The molecule has 1 amide bonds. The molecular formula is C19H25NO3S. The van der Waals surface area contributed by atoms with E-state index in [2.05, 4.69) is 18.7 Å². The molecule has 5 heteroatoms. The Bertz CT molecular complexity index is 707. The summed E-state index contributed by atoms with van der Waals surface area (Å²) >= 11 is 0. The van der Waals surface area contributed by atoms with Crippen LogP contribution in [-0.2, 0) is 21.1 Å². The van der Waals surface area contributed by atoms with Gasteiger partial charge in [0.25, 0.3) is 0 Å². The van der Waals surface area contributed by atoms with Gasteiger partial charge in [0.2, 0.25) is 5.91 Å². The summed E-state index contributed by atoms with van der Waals surface area (Å²) in [5.74, 6) is 0.0984. The summed E-state index contributed by atoms with van der Waals surface area (Å²) in [5, 5.41) is 0. The first kappa shape index (κ1) is 18.5. The van der Waals surface area contributed by atoms with Crippen LogP contribution >= 0.6 is 0 Å². The number of nitrogens with zero attached hydrogens (tertiary/aromatic N) is 1. The van der Waals surface area contributed by atoms with Crippen LogP contribution in [0.4, 0.5) is 0 Å². The molecule has 0 bridgehead atoms. The highest BCUT2D eigenvalue weighted by Gasteiger charge is 2.33. The number of allylic oxidation sites excluding steroid dienone is 1. The van der Waals surface area contributed by atoms with Crippen LogP contribution in [0.2, 0.25) is 0 Å². The van der Waals surface area contributed by atoms with Gasteiger partial charge in [-0.25, -0.2) is 8.42 Å². The van der Waals surface area contributed by atoms with Gasteiger partial charge in [0, 0.05) is 18.7 Å². The first-order valence-electron chi connectivity index (χ1n) is 8.24. The number of sulfone groups is 1. The molecule has 1 heterocycles. The van der Waals surface area contributed by atoms with Crippen molar-refractivity contribution in [3.8, 4) is 0 Å². The Morgan fingerprint density at radius 2 is 2.04 bits per heavy atom. The van der Waals surface area contributed by atoms with Gasteiger partial charge in [-0.15, -0.1) is 6.58 Å². The predicted molar refractivity (Wildman–Crippen MR) is 97.5 cm³/mol. The maximum Gasteiger partial charge on any atom is 0.247 e. The van der Waals surface area contributed by atoms with Crippen LogP contribution in [-0.4, -0.2) is 43.3 Å². The van der Waals surface area contributed by atoms with Crippen molar-refractivity contribution >= 4 is 15.7 Å². The highest BCUT2D eigenvalue weighted by atomic mass is 32.2. The summed E-state index contributed by atoms with van der Waals surface area (Å²) in [4.78, 5) is 14.2. The minimum atomic E-state index is -3.02. The zero-order valence-corrected chi connectivity index (χ0v) is 15.0. The van der Waals surface area contributed by atoms with Crippen LogP contribution in [0, 0.1) is 0 Å². The molecule has 1 aliphatic rings. The third-order valence-electron chi connectivity index (χ3n) is 4.28. The Hall–Kier alpha value is -1.88. The molecule has 0 aliphatic carbocycles. The molecule has 0 radical (unpaired) electrons. The van der Waals surface area contributed by atoms with Gasteiger partial charge in [0.15, 0.2) is 9.84 Å². The molecule has 0 spiro atoms. The van der Waals surface area contributed by atoms with Gasteiger partial charge in [-0.2, -0.15) is 0 Å². The molecule has 130 valence electrons. The Morgan fingerprint density at radius 3 is 2.62 bits per heavy atom. The molecule has 24 heavy (non-hydrogen) atoms. The fraction of sp³-hybridized carbons (Fsp3) is 0.421. The molecule has 1 fully saturated rings. The number of hydrogen-bond donors (Lipinski definition) is 0. The number of hydrogen-bond acceptors (Lipinski definition) is 3. The standard InChI is InChI=1S/C19H25NO3S/c1-3-12-20(18-11-13-24(22,23)15-18)19(21)14-16(2)9-10-17-7-5-4-6-8-17/h3-8,14,18H,1,9-13,15H2,2H3. The zero-order chi connectivity index (χ0) is 17.6. The summed E-state index contributed by atoms with van der Waals surface area (Å²) in [6, 6.07) is 9.90. The highest BCUT2D eigenvalue weighted by molar-refractivity contribution is 7.91. The van der Waals surface area contributed by atoms with E-state index in [-0.39, 0.29) is 23.5 Å². The van der Waals surface area contributed by atoms with Crippen molar-refractivity contribution in [2.45, 2.75) is 32.2 Å². The number of benzene rings is 1. The zero-order valence-electron chi connectivity index (χ0n) is 14.1. The Kier molecular flexibility index (Phi) is 6.37. The maximum atomic E-state index is 12.6. The fourth-order valence-electron chi connectivity index (χ4n) is 2.93. The highest BCUT2D eigenvalue weighted by Crippen LogP contribution is 2.19. The van der Waals surface area contributed by atoms with Crippen molar-refractivity contribution in [1.82, 2.24) is 4.90 Å². The monoisotopic (exact) mass is 347 g/mol. The molecule has 1 atom stereocenters. The van der Waals surface area contributed by atoms with Gasteiger partial charge in [-0.1, -0.05) is 42.0 Å². The quantitative estimate of drug-likeness (QED) is 0.563. The third-order valence-corrected chi connectivity index (χ3v) is 6.03. The van der Waals surface area contributed by atoms with E-state index >= 15 is 0 Å². The van der Waals surface area contributed by atoms with Gasteiger partial charge in [0.1, 0.15) is 0 Å². The Balaban J connectivity index is 1.99. The maximum absolute atomic E-state index is 12.6. The molecule has 0 N–H and O–H groups in total. The minimum Gasteiger partial charge on any atom is -0.331 e. The second-order valence-corrected chi connectivity index (χ2v) is 8.54. The lowest BCUT2D eigenvalue weighted by molar-refractivity contribution is -0.127. The summed E-state index contributed by atoms with van der Waals surface area (Å²) in [5.41, 5.74) is 2.24. The van der Waals surface area contributed by atoms with Gasteiger partial charge >= 0.3 is 0 Å². The third kappa shape index (κ3) is 5.34. The second-order valence-electron chi connectivity index (χ2n) is 6.31. The Morgan fingerprint density at radius 1 is 1.33 bits per heavy atom. The topological polar surface area (TPSA) is 54.5 Å². The van der Waals surface area contributed by atoms with E-state index in [1.54, 1.807) is 17.1 Å². The lowest BCUT2D eigenvalue weighted by atomic mass is 10.1. The van der Waals surface area contributed by atoms with Crippen LogP contribution in [0.15, 0.2) is 54.6 Å². The molecular weight excluding hydrogens is 322 g/mol. The van der Waals surface area contributed by atoms with E-state index in [1.807, 2.05) is 25.1 Å². The van der Waals surface area contributed by atoms with E-state index in [0.717, 1.165) is 18.4 Å². The van der Waals surface area contributed by atoms with E-state index in [4.69, 9.17) is 0 Å².